The SMILES string of the molecule is CCCCN=C(NCCNC(=O)OC(C)(C)C)NCCc1ccco1.I. The number of hydrogen-bond acceptors (Lipinski definition) is 4. The van der Waals surface area contributed by atoms with E-state index in [2.05, 4.69) is 27.9 Å². The van der Waals surface area contributed by atoms with E-state index in [0.29, 0.717) is 13.1 Å². The van der Waals surface area contributed by atoms with E-state index in [1.54, 1.807) is 6.26 Å². The van der Waals surface area contributed by atoms with Crippen LogP contribution in [0.2, 0.25) is 0 Å². The smallest absolute Gasteiger partial charge is 0.407 e. The average Bonchev–Trinajstić information content (AvgIpc) is 3.02. The molecular weight excluding hydrogens is 447 g/mol. The standard InChI is InChI=1S/C18H32N4O3.HI/c1-5-6-10-19-16(20-11-9-15-8-7-14-24-15)21-12-13-22-17(23)25-18(2,3)4;/h7-8,14H,5-6,9-13H2,1-4H3,(H,22,23)(H2,19,20,21);1H. The number of alkyl carbamates (subject to hydrolysis) is 1. The van der Waals surface area contributed by atoms with Crippen molar-refractivity contribution in [3.8, 4) is 0 Å². The van der Waals surface area contributed by atoms with Crippen molar-refractivity contribution in [1.82, 2.24) is 16.0 Å². The van der Waals surface area contributed by atoms with Gasteiger partial charge in [-0.25, -0.2) is 4.79 Å². The van der Waals surface area contributed by atoms with Crippen molar-refractivity contribution < 1.29 is 13.9 Å². The van der Waals surface area contributed by atoms with E-state index < -0.39 is 11.7 Å². The quantitative estimate of drug-likeness (QED) is 0.219. The van der Waals surface area contributed by atoms with E-state index in [1.807, 2.05) is 32.9 Å². The Labute approximate surface area is 173 Å². The highest BCUT2D eigenvalue weighted by Crippen LogP contribution is 2.06. The maximum absolute atomic E-state index is 11.6. The Morgan fingerprint density at radius 1 is 1.19 bits per heavy atom. The first-order chi connectivity index (χ1) is 11.9. The first-order valence-electron chi connectivity index (χ1n) is 8.92. The minimum atomic E-state index is -0.488. The maximum Gasteiger partial charge on any atom is 0.407 e. The summed E-state index contributed by atoms with van der Waals surface area (Å²) in [6.07, 6.45) is 4.19. The summed E-state index contributed by atoms with van der Waals surface area (Å²) >= 11 is 0. The zero-order valence-corrected chi connectivity index (χ0v) is 18.6. The molecule has 0 aromatic carbocycles. The number of nitrogens with zero attached hydrogens (tertiary/aromatic N) is 1. The van der Waals surface area contributed by atoms with Gasteiger partial charge in [-0.2, -0.15) is 0 Å². The molecule has 0 unspecified atom stereocenters. The lowest BCUT2D eigenvalue weighted by Crippen LogP contribution is -2.43. The van der Waals surface area contributed by atoms with E-state index >= 15 is 0 Å². The first-order valence-corrected chi connectivity index (χ1v) is 8.92. The molecule has 0 atom stereocenters. The molecule has 26 heavy (non-hydrogen) atoms. The van der Waals surface area contributed by atoms with E-state index in [0.717, 1.165) is 44.1 Å². The fourth-order valence-electron chi connectivity index (χ4n) is 1.94. The van der Waals surface area contributed by atoms with Gasteiger partial charge in [0.05, 0.1) is 6.26 Å². The number of ether oxygens (including phenoxy) is 1. The minimum Gasteiger partial charge on any atom is -0.469 e. The Balaban J connectivity index is 0.00000625. The van der Waals surface area contributed by atoms with Gasteiger partial charge < -0.3 is 25.1 Å². The summed E-state index contributed by atoms with van der Waals surface area (Å²) in [6.45, 7) is 10.2. The fourth-order valence-corrected chi connectivity index (χ4v) is 1.94. The lowest BCUT2D eigenvalue weighted by molar-refractivity contribution is 0.0529. The van der Waals surface area contributed by atoms with Crippen LogP contribution in [-0.4, -0.2) is 43.8 Å². The van der Waals surface area contributed by atoms with Gasteiger partial charge in [0.25, 0.3) is 0 Å². The number of unbranched alkanes of at least 4 members (excludes halogenated alkanes) is 1. The predicted octanol–water partition coefficient (Wildman–Crippen LogP) is 3.30. The van der Waals surface area contributed by atoms with Gasteiger partial charge in [0.1, 0.15) is 11.4 Å². The lowest BCUT2D eigenvalue weighted by Gasteiger charge is -2.20. The zero-order chi connectivity index (χ0) is 18.5. The second kappa shape index (κ2) is 13.7. The monoisotopic (exact) mass is 480 g/mol. The molecule has 0 spiro atoms. The number of guanidine groups is 1. The van der Waals surface area contributed by atoms with Crippen molar-refractivity contribution >= 4 is 36.0 Å². The molecule has 0 bridgehead atoms. The van der Waals surface area contributed by atoms with Crippen LogP contribution < -0.4 is 16.0 Å². The molecule has 1 aromatic heterocycles. The normalized spacial score (nSPS) is 11.5. The Morgan fingerprint density at radius 3 is 2.50 bits per heavy atom. The van der Waals surface area contributed by atoms with Crippen molar-refractivity contribution in [3.63, 3.8) is 0 Å². The maximum atomic E-state index is 11.6. The molecule has 0 aliphatic rings. The number of furan rings is 1. The molecule has 150 valence electrons. The van der Waals surface area contributed by atoms with Gasteiger partial charge in [0, 0.05) is 32.6 Å². The van der Waals surface area contributed by atoms with Gasteiger partial charge in [-0.05, 0) is 39.3 Å². The Kier molecular flexibility index (Phi) is 12.9. The summed E-state index contributed by atoms with van der Waals surface area (Å²) in [4.78, 5) is 16.1. The number of nitrogens with one attached hydrogen (secondary N) is 3. The van der Waals surface area contributed by atoms with Crippen LogP contribution in [-0.2, 0) is 11.2 Å². The number of hydrogen-bond donors (Lipinski definition) is 3. The van der Waals surface area contributed by atoms with Gasteiger partial charge in [-0.15, -0.1) is 24.0 Å². The van der Waals surface area contributed by atoms with Gasteiger partial charge in [0.2, 0.25) is 0 Å². The molecule has 1 rings (SSSR count). The van der Waals surface area contributed by atoms with Crippen LogP contribution >= 0.6 is 24.0 Å². The summed E-state index contributed by atoms with van der Waals surface area (Å²) in [6, 6.07) is 3.83. The molecule has 0 saturated heterocycles. The van der Waals surface area contributed by atoms with Crippen LogP contribution in [0.4, 0.5) is 4.79 Å². The molecule has 0 radical (unpaired) electrons. The Bertz CT molecular complexity index is 513. The number of amides is 1. The molecule has 7 nitrogen and oxygen atoms in total. The number of carbonyl (C=O) groups excluding carboxylic acids is 1. The van der Waals surface area contributed by atoms with Crippen LogP contribution in [0.3, 0.4) is 0 Å². The average molecular weight is 480 g/mol. The van der Waals surface area contributed by atoms with Gasteiger partial charge in [0.15, 0.2) is 5.96 Å². The molecule has 8 heteroatoms. The summed E-state index contributed by atoms with van der Waals surface area (Å²) in [5.74, 6) is 1.68. The molecule has 0 aliphatic heterocycles. The fraction of sp³-hybridized carbons (Fsp3) is 0.667. The molecule has 1 amide bonds. The summed E-state index contributed by atoms with van der Waals surface area (Å²) in [5, 5.41) is 9.21. The summed E-state index contributed by atoms with van der Waals surface area (Å²) in [7, 11) is 0. The second-order valence-electron chi connectivity index (χ2n) is 6.70. The number of halogens is 1. The number of aliphatic imine (C=N–C) groups is 1. The third kappa shape index (κ3) is 12.8. The molecular formula is C18H33IN4O3. The lowest BCUT2D eigenvalue weighted by atomic mass is 10.2. The van der Waals surface area contributed by atoms with E-state index in [-0.39, 0.29) is 24.0 Å². The van der Waals surface area contributed by atoms with Crippen LogP contribution in [0.15, 0.2) is 27.8 Å². The molecule has 0 fully saturated rings. The van der Waals surface area contributed by atoms with Gasteiger partial charge in [-0.1, -0.05) is 13.3 Å². The Hall–Kier alpha value is -1.45. The van der Waals surface area contributed by atoms with Gasteiger partial charge in [-0.3, -0.25) is 4.99 Å². The second-order valence-corrected chi connectivity index (χ2v) is 6.70. The first kappa shape index (κ1) is 24.6. The molecule has 1 aromatic rings. The van der Waals surface area contributed by atoms with E-state index in [9.17, 15) is 4.79 Å². The van der Waals surface area contributed by atoms with Crippen molar-refractivity contribution in [2.45, 2.75) is 52.6 Å². The van der Waals surface area contributed by atoms with Crippen LogP contribution in [0.5, 0.6) is 0 Å². The summed E-state index contributed by atoms with van der Waals surface area (Å²) < 4.78 is 10.5. The van der Waals surface area contributed by atoms with Crippen molar-refractivity contribution in [1.29, 1.82) is 0 Å². The number of carbonyl (C=O) groups is 1. The van der Waals surface area contributed by atoms with Crippen molar-refractivity contribution in [3.05, 3.63) is 24.2 Å². The third-order valence-corrected chi connectivity index (χ3v) is 3.11. The Morgan fingerprint density at radius 2 is 1.88 bits per heavy atom. The summed E-state index contributed by atoms with van der Waals surface area (Å²) in [5.41, 5.74) is -0.488. The molecule has 0 saturated carbocycles. The van der Waals surface area contributed by atoms with E-state index in [1.165, 1.54) is 0 Å². The van der Waals surface area contributed by atoms with Crippen LogP contribution in [0, 0.1) is 0 Å². The van der Waals surface area contributed by atoms with Crippen molar-refractivity contribution in [2.24, 2.45) is 4.99 Å². The van der Waals surface area contributed by atoms with Gasteiger partial charge >= 0.3 is 6.09 Å². The molecule has 1 heterocycles. The zero-order valence-electron chi connectivity index (χ0n) is 16.3. The number of rotatable bonds is 9. The highest BCUT2D eigenvalue weighted by Gasteiger charge is 2.15. The van der Waals surface area contributed by atoms with E-state index in [4.69, 9.17) is 9.15 Å². The largest absolute Gasteiger partial charge is 0.469 e. The van der Waals surface area contributed by atoms with Crippen molar-refractivity contribution in [2.75, 3.05) is 26.2 Å². The predicted molar refractivity (Wildman–Crippen MR) is 115 cm³/mol. The van der Waals surface area contributed by atoms with Crippen LogP contribution in [0.1, 0.15) is 46.3 Å². The minimum absolute atomic E-state index is 0. The van der Waals surface area contributed by atoms with Crippen LogP contribution in [0.25, 0.3) is 0 Å². The topological polar surface area (TPSA) is 87.9 Å². The highest BCUT2D eigenvalue weighted by molar-refractivity contribution is 14.0. The third-order valence-electron chi connectivity index (χ3n) is 3.11. The molecule has 3 N–H and O–H groups in total. The molecule has 0 aliphatic carbocycles. The highest BCUT2D eigenvalue weighted by atomic mass is 127.